The molecule has 1 heterocycles. The molecule has 1 atom stereocenters. The first-order chi connectivity index (χ1) is 8.20. The molecule has 1 N–H and O–H groups in total. The molecule has 0 amide bonds. The third-order valence-electron chi connectivity index (χ3n) is 2.44. The normalized spacial score (nSPS) is 18.4. The second-order valence-corrected chi connectivity index (χ2v) is 3.63. The van der Waals surface area contributed by atoms with Crippen molar-refractivity contribution in [3.8, 4) is 5.75 Å². The van der Waals surface area contributed by atoms with Gasteiger partial charge < -0.3 is 14.7 Å². The van der Waals surface area contributed by atoms with Crippen molar-refractivity contribution < 1.29 is 19.5 Å². The molecule has 0 radical (unpaired) electrons. The van der Waals surface area contributed by atoms with Crippen LogP contribution in [0.5, 0.6) is 5.75 Å². The van der Waals surface area contributed by atoms with Crippen molar-refractivity contribution in [3.63, 3.8) is 0 Å². The Labute approximate surface area is 98.6 Å². The Morgan fingerprint density at radius 1 is 1.53 bits per heavy atom. The summed E-state index contributed by atoms with van der Waals surface area (Å²) >= 11 is 0. The molecule has 5 nitrogen and oxygen atoms in total. The van der Waals surface area contributed by atoms with Gasteiger partial charge in [0.05, 0.1) is 12.3 Å². The number of benzene rings is 1. The first kappa shape index (κ1) is 11.4. The number of hydrogen-bond acceptors (Lipinski definition) is 4. The van der Waals surface area contributed by atoms with E-state index in [1.807, 2.05) is 31.2 Å². The number of aliphatic carboxylic acids is 1. The number of carboxylic acids is 1. The Morgan fingerprint density at radius 3 is 2.76 bits per heavy atom. The Hall–Kier alpha value is -2.04. The van der Waals surface area contributed by atoms with Crippen LogP contribution in [0.4, 0.5) is 0 Å². The number of hydrogen-bond donors (Lipinski definition) is 1. The lowest BCUT2D eigenvalue weighted by Gasteiger charge is -2.04. The van der Waals surface area contributed by atoms with Gasteiger partial charge in [-0.15, -0.1) is 0 Å². The van der Waals surface area contributed by atoms with Gasteiger partial charge >= 0.3 is 5.97 Å². The quantitative estimate of drug-likeness (QED) is 0.861. The molecule has 2 rings (SSSR count). The standard InChI is InChI=1S/C12H13NO4/c1-2-16-9-5-3-8(4-6-9)10-7-11(12(14)15)17-13-10/h3-6,11H,2,7H2,1H3,(H,14,15)/t11-/m0/s1. The molecule has 90 valence electrons. The van der Waals surface area contributed by atoms with Crippen LogP contribution in [0.3, 0.4) is 0 Å². The van der Waals surface area contributed by atoms with Gasteiger partial charge in [0.1, 0.15) is 5.75 Å². The van der Waals surface area contributed by atoms with Crippen molar-refractivity contribution in [2.75, 3.05) is 6.61 Å². The highest BCUT2D eigenvalue weighted by Gasteiger charge is 2.28. The highest BCUT2D eigenvalue weighted by Crippen LogP contribution is 2.19. The minimum absolute atomic E-state index is 0.295. The van der Waals surface area contributed by atoms with E-state index in [0.29, 0.717) is 18.7 Å². The van der Waals surface area contributed by atoms with Gasteiger partial charge in [-0.1, -0.05) is 5.16 Å². The first-order valence-corrected chi connectivity index (χ1v) is 5.39. The van der Waals surface area contributed by atoms with Crippen molar-refractivity contribution in [2.45, 2.75) is 19.4 Å². The van der Waals surface area contributed by atoms with Crippen LogP contribution in [0, 0.1) is 0 Å². The van der Waals surface area contributed by atoms with E-state index in [0.717, 1.165) is 11.3 Å². The third kappa shape index (κ3) is 2.55. The van der Waals surface area contributed by atoms with Crippen molar-refractivity contribution in [1.29, 1.82) is 0 Å². The summed E-state index contributed by atoms with van der Waals surface area (Å²) in [6.45, 7) is 2.53. The number of rotatable bonds is 4. The van der Waals surface area contributed by atoms with Crippen molar-refractivity contribution in [1.82, 2.24) is 0 Å². The monoisotopic (exact) mass is 235 g/mol. The maximum Gasteiger partial charge on any atom is 0.348 e. The summed E-state index contributed by atoms with van der Waals surface area (Å²) in [6, 6.07) is 7.35. The van der Waals surface area contributed by atoms with Crippen LogP contribution in [0.25, 0.3) is 0 Å². The summed E-state index contributed by atoms with van der Waals surface area (Å²) in [5.41, 5.74) is 1.51. The maximum absolute atomic E-state index is 10.7. The second-order valence-electron chi connectivity index (χ2n) is 3.63. The fourth-order valence-electron chi connectivity index (χ4n) is 1.59. The van der Waals surface area contributed by atoms with E-state index in [-0.39, 0.29) is 0 Å². The lowest BCUT2D eigenvalue weighted by molar-refractivity contribution is -0.148. The molecule has 0 spiro atoms. The second kappa shape index (κ2) is 4.86. The minimum Gasteiger partial charge on any atom is -0.494 e. The number of carboxylic acid groups (broad SMARTS) is 1. The zero-order chi connectivity index (χ0) is 12.3. The molecule has 1 aromatic rings. The lowest BCUT2D eigenvalue weighted by atomic mass is 10.1. The lowest BCUT2D eigenvalue weighted by Crippen LogP contribution is -2.19. The van der Waals surface area contributed by atoms with Gasteiger partial charge in [0.25, 0.3) is 0 Å². The molecular formula is C12H13NO4. The summed E-state index contributed by atoms with van der Waals surface area (Å²) in [6.07, 6.45) is -0.569. The van der Waals surface area contributed by atoms with Gasteiger partial charge in [0.2, 0.25) is 6.10 Å². The van der Waals surface area contributed by atoms with Crippen LogP contribution < -0.4 is 4.74 Å². The summed E-state index contributed by atoms with van der Waals surface area (Å²) < 4.78 is 5.32. The summed E-state index contributed by atoms with van der Waals surface area (Å²) in [4.78, 5) is 15.5. The molecule has 1 aliphatic heterocycles. The van der Waals surface area contributed by atoms with Crippen molar-refractivity contribution in [2.24, 2.45) is 5.16 Å². The van der Waals surface area contributed by atoms with Crippen LogP contribution in [-0.2, 0) is 9.63 Å². The zero-order valence-corrected chi connectivity index (χ0v) is 9.42. The van der Waals surface area contributed by atoms with E-state index in [1.165, 1.54) is 0 Å². The van der Waals surface area contributed by atoms with Gasteiger partial charge in [-0.3, -0.25) is 0 Å². The van der Waals surface area contributed by atoms with Gasteiger partial charge in [0.15, 0.2) is 0 Å². The summed E-state index contributed by atoms with van der Waals surface area (Å²) in [5.74, 6) is -0.208. The van der Waals surface area contributed by atoms with Crippen molar-refractivity contribution in [3.05, 3.63) is 29.8 Å². The molecular weight excluding hydrogens is 222 g/mol. The third-order valence-corrected chi connectivity index (χ3v) is 2.44. The molecule has 0 bridgehead atoms. The molecule has 0 aliphatic carbocycles. The Bertz CT molecular complexity index is 438. The fourth-order valence-corrected chi connectivity index (χ4v) is 1.59. The number of ether oxygens (including phenoxy) is 1. The van der Waals surface area contributed by atoms with E-state index in [2.05, 4.69) is 5.16 Å². The fraction of sp³-hybridized carbons (Fsp3) is 0.333. The van der Waals surface area contributed by atoms with Crippen molar-refractivity contribution >= 4 is 11.7 Å². The largest absolute Gasteiger partial charge is 0.494 e. The maximum atomic E-state index is 10.7. The van der Waals surface area contributed by atoms with E-state index in [9.17, 15) is 4.79 Å². The predicted molar refractivity (Wildman–Crippen MR) is 61.3 cm³/mol. The van der Waals surface area contributed by atoms with Crippen LogP contribution in [0.2, 0.25) is 0 Å². The SMILES string of the molecule is CCOc1ccc(C2=NO[C@H](C(=O)O)C2)cc1. The molecule has 0 aromatic heterocycles. The Kier molecular flexibility index (Phi) is 3.27. The topological polar surface area (TPSA) is 68.1 Å². The molecule has 17 heavy (non-hydrogen) atoms. The smallest absolute Gasteiger partial charge is 0.348 e. The van der Waals surface area contributed by atoms with Crippen LogP contribution in [0.15, 0.2) is 29.4 Å². The van der Waals surface area contributed by atoms with Gasteiger partial charge in [-0.2, -0.15) is 0 Å². The summed E-state index contributed by atoms with van der Waals surface area (Å²) in [5, 5.41) is 12.6. The highest BCUT2D eigenvalue weighted by molar-refractivity contribution is 6.03. The first-order valence-electron chi connectivity index (χ1n) is 5.39. The molecule has 0 fully saturated rings. The molecule has 0 unspecified atom stereocenters. The number of carbonyl (C=O) groups is 1. The van der Waals surface area contributed by atoms with E-state index < -0.39 is 12.1 Å². The van der Waals surface area contributed by atoms with Gasteiger partial charge in [0, 0.05) is 6.42 Å². The zero-order valence-electron chi connectivity index (χ0n) is 9.42. The van der Waals surface area contributed by atoms with Gasteiger partial charge in [-0.25, -0.2) is 4.79 Å². The highest BCUT2D eigenvalue weighted by atomic mass is 16.7. The minimum atomic E-state index is -0.991. The molecule has 0 saturated heterocycles. The summed E-state index contributed by atoms with van der Waals surface area (Å²) in [7, 11) is 0. The van der Waals surface area contributed by atoms with Crippen LogP contribution >= 0.6 is 0 Å². The Morgan fingerprint density at radius 2 is 2.24 bits per heavy atom. The molecule has 1 aliphatic rings. The van der Waals surface area contributed by atoms with Crippen LogP contribution in [0.1, 0.15) is 18.9 Å². The molecule has 1 aromatic carbocycles. The van der Waals surface area contributed by atoms with E-state index in [4.69, 9.17) is 14.7 Å². The number of oxime groups is 1. The van der Waals surface area contributed by atoms with E-state index >= 15 is 0 Å². The molecule has 5 heteroatoms. The van der Waals surface area contributed by atoms with E-state index in [1.54, 1.807) is 0 Å². The Balaban J connectivity index is 2.06. The van der Waals surface area contributed by atoms with Crippen LogP contribution in [-0.4, -0.2) is 29.5 Å². The van der Waals surface area contributed by atoms with Gasteiger partial charge in [-0.05, 0) is 36.8 Å². The molecule has 0 saturated carbocycles. The predicted octanol–water partition coefficient (Wildman–Crippen LogP) is 1.66. The number of nitrogens with zero attached hydrogens (tertiary/aromatic N) is 1. The average Bonchev–Trinajstić information content (AvgIpc) is 2.80. The average molecular weight is 235 g/mol.